The van der Waals surface area contributed by atoms with Crippen LogP contribution < -0.4 is 0 Å². The first kappa shape index (κ1) is 18.0. The van der Waals surface area contributed by atoms with Gasteiger partial charge in [-0.25, -0.2) is 4.98 Å². The van der Waals surface area contributed by atoms with Crippen molar-refractivity contribution < 1.29 is 4.79 Å². The SMILES string of the molecule is Cc1ccc(S[C@@H](C)C(=O)N(C)[C@H](C)c2nc3ccccc3s2)cc1. The molecule has 0 unspecified atom stereocenters. The lowest BCUT2D eigenvalue weighted by Gasteiger charge is -2.26. The van der Waals surface area contributed by atoms with Crippen LogP contribution in [0.2, 0.25) is 0 Å². The van der Waals surface area contributed by atoms with E-state index in [1.165, 1.54) is 5.56 Å². The van der Waals surface area contributed by atoms with Crippen LogP contribution in [0, 0.1) is 6.92 Å². The van der Waals surface area contributed by atoms with Gasteiger partial charge in [-0.3, -0.25) is 4.79 Å². The predicted molar refractivity (Wildman–Crippen MR) is 107 cm³/mol. The van der Waals surface area contributed by atoms with Crippen LogP contribution in [0.5, 0.6) is 0 Å². The van der Waals surface area contributed by atoms with Gasteiger partial charge < -0.3 is 4.90 Å². The van der Waals surface area contributed by atoms with Crippen LogP contribution in [0.1, 0.15) is 30.5 Å². The minimum Gasteiger partial charge on any atom is -0.336 e. The number of aromatic nitrogens is 1. The molecule has 0 fully saturated rings. The van der Waals surface area contributed by atoms with Gasteiger partial charge >= 0.3 is 0 Å². The zero-order chi connectivity index (χ0) is 18.0. The van der Waals surface area contributed by atoms with E-state index in [0.29, 0.717) is 0 Å². The highest BCUT2D eigenvalue weighted by atomic mass is 32.2. The van der Waals surface area contributed by atoms with Crippen LogP contribution in [-0.2, 0) is 4.79 Å². The maximum atomic E-state index is 12.8. The highest BCUT2D eigenvalue weighted by Gasteiger charge is 2.25. The molecule has 5 heteroatoms. The number of thioether (sulfide) groups is 1. The molecule has 1 heterocycles. The van der Waals surface area contributed by atoms with Crippen molar-refractivity contribution in [3.8, 4) is 0 Å². The Hall–Kier alpha value is -1.85. The van der Waals surface area contributed by atoms with E-state index in [2.05, 4.69) is 42.2 Å². The number of hydrogen-bond acceptors (Lipinski definition) is 4. The summed E-state index contributed by atoms with van der Waals surface area (Å²) in [5, 5.41) is 0.842. The maximum Gasteiger partial charge on any atom is 0.236 e. The minimum absolute atomic E-state index is 0.0361. The number of amides is 1. The molecule has 1 amide bonds. The van der Waals surface area contributed by atoms with Gasteiger partial charge in [-0.2, -0.15) is 0 Å². The third kappa shape index (κ3) is 4.05. The Balaban J connectivity index is 1.70. The van der Waals surface area contributed by atoms with E-state index >= 15 is 0 Å². The molecule has 0 spiro atoms. The topological polar surface area (TPSA) is 33.2 Å². The van der Waals surface area contributed by atoms with Crippen molar-refractivity contribution in [1.29, 1.82) is 0 Å². The fourth-order valence-electron chi connectivity index (χ4n) is 2.58. The van der Waals surface area contributed by atoms with Crippen LogP contribution in [0.15, 0.2) is 53.4 Å². The molecule has 0 aliphatic rings. The van der Waals surface area contributed by atoms with Crippen LogP contribution in [0.25, 0.3) is 10.2 Å². The second kappa shape index (κ2) is 7.58. The third-order valence-electron chi connectivity index (χ3n) is 4.28. The van der Waals surface area contributed by atoms with E-state index in [4.69, 9.17) is 0 Å². The smallest absolute Gasteiger partial charge is 0.236 e. The second-order valence-electron chi connectivity index (χ2n) is 6.22. The summed E-state index contributed by atoms with van der Waals surface area (Å²) in [5.74, 6) is 0.123. The molecule has 0 saturated heterocycles. The zero-order valence-electron chi connectivity index (χ0n) is 14.9. The van der Waals surface area contributed by atoms with Crippen molar-refractivity contribution in [2.24, 2.45) is 0 Å². The molecule has 0 aliphatic carbocycles. The number of carbonyl (C=O) groups excluding carboxylic acids is 1. The second-order valence-corrected chi connectivity index (χ2v) is 8.69. The molecule has 0 radical (unpaired) electrons. The summed E-state index contributed by atoms with van der Waals surface area (Å²) < 4.78 is 1.16. The van der Waals surface area contributed by atoms with Crippen LogP contribution in [-0.4, -0.2) is 28.1 Å². The number of carbonyl (C=O) groups is 1. The number of thiazole rings is 1. The molecular weight excluding hydrogens is 348 g/mol. The third-order valence-corrected chi connectivity index (χ3v) is 6.58. The number of benzene rings is 2. The van der Waals surface area contributed by atoms with Gasteiger partial charge in [0, 0.05) is 11.9 Å². The maximum absolute atomic E-state index is 12.8. The molecular formula is C20H22N2OS2. The lowest BCUT2D eigenvalue weighted by atomic mass is 10.2. The number of fused-ring (bicyclic) bond motifs is 1. The first-order valence-corrected chi connectivity index (χ1v) is 10.0. The number of hydrogen-bond donors (Lipinski definition) is 0. The van der Waals surface area contributed by atoms with Gasteiger partial charge in [-0.15, -0.1) is 23.1 Å². The van der Waals surface area contributed by atoms with E-state index in [-0.39, 0.29) is 17.2 Å². The summed E-state index contributed by atoms with van der Waals surface area (Å²) in [7, 11) is 1.87. The molecule has 3 aromatic rings. The van der Waals surface area contributed by atoms with Crippen molar-refractivity contribution in [1.82, 2.24) is 9.88 Å². The van der Waals surface area contributed by atoms with E-state index in [1.807, 2.05) is 44.0 Å². The largest absolute Gasteiger partial charge is 0.336 e. The molecule has 1 aromatic heterocycles. The first-order chi connectivity index (χ1) is 12.0. The van der Waals surface area contributed by atoms with E-state index < -0.39 is 0 Å². The van der Waals surface area contributed by atoms with Crippen molar-refractivity contribution in [3.05, 3.63) is 59.1 Å². The van der Waals surface area contributed by atoms with Gasteiger partial charge in [0.2, 0.25) is 5.91 Å². The summed E-state index contributed by atoms with van der Waals surface area (Å²) >= 11 is 3.25. The Labute approximate surface area is 157 Å². The average molecular weight is 371 g/mol. The lowest BCUT2D eigenvalue weighted by molar-refractivity contribution is -0.130. The summed E-state index contributed by atoms with van der Waals surface area (Å²) in [5.41, 5.74) is 2.22. The van der Waals surface area contributed by atoms with Crippen LogP contribution in [0.3, 0.4) is 0 Å². The van der Waals surface area contributed by atoms with E-state index in [0.717, 1.165) is 20.1 Å². The van der Waals surface area contributed by atoms with Crippen molar-refractivity contribution in [2.75, 3.05) is 7.05 Å². The van der Waals surface area contributed by atoms with Gasteiger partial charge in [0.15, 0.2) is 0 Å². The van der Waals surface area contributed by atoms with Crippen molar-refractivity contribution in [2.45, 2.75) is 37.0 Å². The Morgan fingerprint density at radius 3 is 2.48 bits per heavy atom. The number of nitrogens with zero attached hydrogens (tertiary/aromatic N) is 2. The minimum atomic E-state index is -0.135. The molecule has 3 rings (SSSR count). The summed E-state index contributed by atoms with van der Waals surface area (Å²) in [6, 6.07) is 16.4. The number of rotatable bonds is 5. The number of aryl methyl sites for hydroxylation is 1. The van der Waals surface area contributed by atoms with Gasteiger partial charge in [-0.1, -0.05) is 29.8 Å². The Morgan fingerprint density at radius 2 is 1.80 bits per heavy atom. The van der Waals surface area contributed by atoms with Crippen molar-refractivity contribution in [3.63, 3.8) is 0 Å². The van der Waals surface area contributed by atoms with Gasteiger partial charge in [0.1, 0.15) is 5.01 Å². The van der Waals surface area contributed by atoms with E-state index in [1.54, 1.807) is 23.1 Å². The lowest BCUT2D eigenvalue weighted by Crippen LogP contribution is -2.35. The van der Waals surface area contributed by atoms with E-state index in [9.17, 15) is 4.79 Å². The normalized spacial score (nSPS) is 13.6. The number of para-hydroxylation sites is 1. The predicted octanol–water partition coefficient (Wildman–Crippen LogP) is 5.30. The molecule has 3 nitrogen and oxygen atoms in total. The fourth-order valence-corrected chi connectivity index (χ4v) is 4.61. The molecule has 0 saturated carbocycles. The molecule has 130 valence electrons. The molecule has 2 aromatic carbocycles. The average Bonchev–Trinajstić information content (AvgIpc) is 3.05. The van der Waals surface area contributed by atoms with Crippen LogP contribution >= 0.6 is 23.1 Å². The van der Waals surface area contributed by atoms with Gasteiger partial charge in [0.05, 0.1) is 21.5 Å². The summed E-state index contributed by atoms with van der Waals surface area (Å²) in [6.45, 7) is 6.07. The summed E-state index contributed by atoms with van der Waals surface area (Å²) in [4.78, 5) is 20.4. The highest BCUT2D eigenvalue weighted by Crippen LogP contribution is 2.31. The van der Waals surface area contributed by atoms with Gasteiger partial charge in [0.25, 0.3) is 0 Å². The highest BCUT2D eigenvalue weighted by molar-refractivity contribution is 8.00. The standard InChI is InChI=1S/C20H22N2OS2/c1-13-9-11-16(12-10-13)24-15(3)20(23)22(4)14(2)19-21-17-7-5-6-8-18(17)25-19/h5-12,14-15H,1-4H3/t14-,15+/m1/s1. The molecule has 0 N–H and O–H groups in total. The summed E-state index contributed by atoms with van der Waals surface area (Å²) in [6.07, 6.45) is 0. The monoisotopic (exact) mass is 370 g/mol. The fraction of sp³-hybridized carbons (Fsp3) is 0.300. The zero-order valence-corrected chi connectivity index (χ0v) is 16.5. The molecule has 2 atom stereocenters. The Bertz CT molecular complexity index is 840. The van der Waals surface area contributed by atoms with Crippen molar-refractivity contribution >= 4 is 39.2 Å². The quantitative estimate of drug-likeness (QED) is 0.571. The van der Waals surface area contributed by atoms with Crippen LogP contribution in [0.4, 0.5) is 0 Å². The molecule has 0 aliphatic heterocycles. The van der Waals surface area contributed by atoms with Gasteiger partial charge in [-0.05, 0) is 45.0 Å². The Morgan fingerprint density at radius 1 is 1.12 bits per heavy atom. The molecule has 0 bridgehead atoms. The Kier molecular flexibility index (Phi) is 5.45. The molecule has 25 heavy (non-hydrogen) atoms. The first-order valence-electron chi connectivity index (χ1n) is 8.31.